The number of nitriles is 1. The highest BCUT2D eigenvalue weighted by molar-refractivity contribution is 5.94. The molecule has 0 unspecified atom stereocenters. The molecule has 2 aromatic rings. The van der Waals surface area contributed by atoms with Crippen molar-refractivity contribution in [2.45, 2.75) is 70.9 Å². The van der Waals surface area contributed by atoms with Crippen LogP contribution in [0.5, 0.6) is 5.75 Å². The van der Waals surface area contributed by atoms with Gasteiger partial charge in [0, 0.05) is 17.9 Å². The zero-order valence-corrected chi connectivity index (χ0v) is 17.4. The molecule has 0 aliphatic heterocycles. The van der Waals surface area contributed by atoms with Crippen molar-refractivity contribution in [1.29, 1.82) is 5.26 Å². The zero-order valence-electron chi connectivity index (χ0n) is 17.4. The number of nitrogens with one attached hydrogen (secondary N) is 1. The van der Waals surface area contributed by atoms with E-state index in [9.17, 15) is 4.79 Å². The van der Waals surface area contributed by atoms with Crippen molar-refractivity contribution >= 4 is 5.91 Å². The van der Waals surface area contributed by atoms with Crippen molar-refractivity contribution in [3.63, 3.8) is 0 Å². The Morgan fingerprint density at radius 2 is 2.00 bits per heavy atom. The first-order valence-corrected chi connectivity index (χ1v) is 10.5. The van der Waals surface area contributed by atoms with Gasteiger partial charge in [-0.1, -0.05) is 20.8 Å². The van der Waals surface area contributed by atoms with Gasteiger partial charge in [0.2, 0.25) is 0 Å². The molecule has 5 nitrogen and oxygen atoms in total. The summed E-state index contributed by atoms with van der Waals surface area (Å²) in [5.74, 6) is 1.12. The second-order valence-corrected chi connectivity index (χ2v) is 7.98. The van der Waals surface area contributed by atoms with Gasteiger partial charge in [-0.15, -0.1) is 0 Å². The van der Waals surface area contributed by atoms with Crippen LogP contribution in [0.2, 0.25) is 0 Å². The van der Waals surface area contributed by atoms with Crippen LogP contribution in [0, 0.1) is 11.3 Å². The molecular formula is C24H29N3O2. The quantitative estimate of drug-likeness (QED) is 0.770. The van der Waals surface area contributed by atoms with E-state index in [1.807, 2.05) is 37.3 Å². The molecule has 1 aliphatic rings. The minimum absolute atomic E-state index is 0.0585. The van der Waals surface area contributed by atoms with Crippen LogP contribution in [0.4, 0.5) is 0 Å². The number of hydrogen-bond acceptors (Lipinski definition) is 4. The second kappa shape index (κ2) is 9.56. The number of amides is 1. The Hall–Kier alpha value is -2.87. The zero-order chi connectivity index (χ0) is 20.8. The lowest BCUT2D eigenvalue weighted by atomic mass is 9.92. The molecule has 1 aromatic heterocycles. The van der Waals surface area contributed by atoms with Gasteiger partial charge in [-0.05, 0) is 73.9 Å². The van der Waals surface area contributed by atoms with Crippen molar-refractivity contribution in [2.24, 2.45) is 0 Å². The number of aromatic nitrogens is 1. The molecule has 5 heteroatoms. The Balaban J connectivity index is 1.50. The van der Waals surface area contributed by atoms with Gasteiger partial charge < -0.3 is 10.1 Å². The average Bonchev–Trinajstić information content (AvgIpc) is 2.75. The maximum Gasteiger partial charge on any atom is 0.253 e. The van der Waals surface area contributed by atoms with Crippen LogP contribution in [-0.2, 0) is 6.42 Å². The summed E-state index contributed by atoms with van der Waals surface area (Å²) in [5.41, 5.74) is 3.33. The highest BCUT2D eigenvalue weighted by atomic mass is 16.5. The van der Waals surface area contributed by atoms with E-state index in [0.29, 0.717) is 17.0 Å². The van der Waals surface area contributed by atoms with Crippen LogP contribution in [0.25, 0.3) is 0 Å². The normalized spacial score (nSPS) is 18.9. The third kappa shape index (κ3) is 5.35. The fourth-order valence-corrected chi connectivity index (χ4v) is 3.71. The molecule has 1 fully saturated rings. The number of carbonyl (C=O) groups excluding carboxylic acids is 1. The van der Waals surface area contributed by atoms with Gasteiger partial charge in [0.05, 0.1) is 23.3 Å². The van der Waals surface area contributed by atoms with E-state index >= 15 is 0 Å². The molecule has 0 spiro atoms. The van der Waals surface area contributed by atoms with Crippen molar-refractivity contribution in [3.05, 3.63) is 58.9 Å². The fraction of sp³-hybridized carbons (Fsp3) is 0.458. The molecule has 0 radical (unpaired) electrons. The summed E-state index contributed by atoms with van der Waals surface area (Å²) < 4.78 is 6.14. The van der Waals surface area contributed by atoms with Crippen molar-refractivity contribution in [3.8, 4) is 11.8 Å². The van der Waals surface area contributed by atoms with Gasteiger partial charge in [-0.2, -0.15) is 5.26 Å². The Kier molecular flexibility index (Phi) is 6.87. The van der Waals surface area contributed by atoms with Crippen LogP contribution >= 0.6 is 0 Å². The van der Waals surface area contributed by atoms with E-state index < -0.39 is 0 Å². The SMILES string of the molecule is CCc1cc(O[C@H]2CC[C@H](NC(=O)c3ccc(C(C)C)nc3)CC2)ccc1C#N. The van der Waals surface area contributed by atoms with Crippen LogP contribution in [0.3, 0.4) is 0 Å². The fourth-order valence-electron chi connectivity index (χ4n) is 3.71. The predicted octanol–water partition coefficient (Wildman–Crippen LogP) is 4.76. The smallest absolute Gasteiger partial charge is 0.253 e. The average molecular weight is 392 g/mol. The lowest BCUT2D eigenvalue weighted by Gasteiger charge is -2.29. The summed E-state index contributed by atoms with van der Waals surface area (Å²) >= 11 is 0. The molecule has 0 atom stereocenters. The lowest BCUT2D eigenvalue weighted by Crippen LogP contribution is -2.39. The standard InChI is InChI=1S/C24H29N3O2/c1-4-17-13-22(9-5-18(17)14-25)29-21-10-7-20(8-11-21)27-24(28)19-6-12-23(16(2)3)26-15-19/h5-6,9,12-13,15-16,20-21H,4,7-8,10-11H2,1-3H3,(H,27,28)/t20-,21-. The van der Waals surface area contributed by atoms with Crippen LogP contribution < -0.4 is 10.1 Å². The van der Waals surface area contributed by atoms with Gasteiger partial charge >= 0.3 is 0 Å². The summed E-state index contributed by atoms with van der Waals surface area (Å²) in [6, 6.07) is 11.8. The summed E-state index contributed by atoms with van der Waals surface area (Å²) in [5, 5.41) is 12.3. The minimum atomic E-state index is -0.0585. The number of ether oxygens (including phenoxy) is 1. The molecule has 1 N–H and O–H groups in total. The number of hydrogen-bond donors (Lipinski definition) is 1. The summed E-state index contributed by atoms with van der Waals surface area (Å²) in [4.78, 5) is 16.9. The summed E-state index contributed by atoms with van der Waals surface area (Å²) in [6.07, 6.45) is 6.21. The highest BCUT2D eigenvalue weighted by Crippen LogP contribution is 2.26. The van der Waals surface area contributed by atoms with Gasteiger partial charge in [0.15, 0.2) is 0 Å². The maximum absolute atomic E-state index is 12.5. The monoisotopic (exact) mass is 391 g/mol. The third-order valence-electron chi connectivity index (χ3n) is 5.53. The number of carbonyl (C=O) groups is 1. The molecule has 1 heterocycles. The van der Waals surface area contributed by atoms with E-state index in [1.165, 1.54) is 0 Å². The van der Waals surface area contributed by atoms with Crippen LogP contribution in [-0.4, -0.2) is 23.0 Å². The van der Waals surface area contributed by atoms with Crippen LogP contribution in [0.1, 0.15) is 79.6 Å². The van der Waals surface area contributed by atoms with Crippen molar-refractivity contribution < 1.29 is 9.53 Å². The van der Waals surface area contributed by atoms with Gasteiger partial charge in [0.1, 0.15) is 5.75 Å². The van der Waals surface area contributed by atoms with E-state index in [1.54, 1.807) is 6.20 Å². The van der Waals surface area contributed by atoms with Crippen molar-refractivity contribution in [1.82, 2.24) is 10.3 Å². The highest BCUT2D eigenvalue weighted by Gasteiger charge is 2.24. The first-order valence-electron chi connectivity index (χ1n) is 10.5. The molecule has 3 rings (SSSR count). The van der Waals surface area contributed by atoms with Crippen LogP contribution in [0.15, 0.2) is 36.5 Å². The molecule has 29 heavy (non-hydrogen) atoms. The maximum atomic E-state index is 12.5. The predicted molar refractivity (Wildman–Crippen MR) is 113 cm³/mol. The Labute approximate surface area is 173 Å². The minimum Gasteiger partial charge on any atom is -0.490 e. The number of pyridine rings is 1. The number of nitrogens with zero attached hydrogens (tertiary/aromatic N) is 2. The molecule has 152 valence electrons. The van der Waals surface area contributed by atoms with Gasteiger partial charge in [-0.25, -0.2) is 0 Å². The number of benzene rings is 1. The molecule has 0 bridgehead atoms. The third-order valence-corrected chi connectivity index (χ3v) is 5.53. The Bertz CT molecular complexity index is 876. The van der Waals surface area contributed by atoms with E-state index in [0.717, 1.165) is 49.1 Å². The molecule has 1 aliphatic carbocycles. The number of aryl methyl sites for hydroxylation is 1. The first-order chi connectivity index (χ1) is 14.0. The Morgan fingerprint density at radius 1 is 1.24 bits per heavy atom. The number of rotatable bonds is 6. The molecule has 1 saturated carbocycles. The van der Waals surface area contributed by atoms with E-state index in [-0.39, 0.29) is 18.1 Å². The first kappa shape index (κ1) is 20.9. The topological polar surface area (TPSA) is 75.0 Å². The molecular weight excluding hydrogens is 362 g/mol. The van der Waals surface area contributed by atoms with E-state index in [2.05, 4.69) is 30.2 Å². The Morgan fingerprint density at radius 3 is 2.59 bits per heavy atom. The van der Waals surface area contributed by atoms with Gasteiger partial charge in [0.25, 0.3) is 5.91 Å². The second-order valence-electron chi connectivity index (χ2n) is 7.98. The van der Waals surface area contributed by atoms with Gasteiger partial charge in [-0.3, -0.25) is 9.78 Å². The van der Waals surface area contributed by atoms with Crippen molar-refractivity contribution in [2.75, 3.05) is 0 Å². The molecule has 1 aromatic carbocycles. The summed E-state index contributed by atoms with van der Waals surface area (Å²) in [6.45, 7) is 6.22. The summed E-state index contributed by atoms with van der Waals surface area (Å²) in [7, 11) is 0. The molecule has 1 amide bonds. The lowest BCUT2D eigenvalue weighted by molar-refractivity contribution is 0.0893. The van der Waals surface area contributed by atoms with E-state index in [4.69, 9.17) is 10.00 Å². The largest absolute Gasteiger partial charge is 0.490 e. The molecule has 0 saturated heterocycles.